The van der Waals surface area contributed by atoms with Gasteiger partial charge in [-0.1, -0.05) is 30.2 Å². The van der Waals surface area contributed by atoms with Crippen LogP contribution in [0.3, 0.4) is 0 Å². The van der Waals surface area contributed by atoms with Gasteiger partial charge in [-0.3, -0.25) is 4.90 Å². The van der Waals surface area contributed by atoms with Crippen LogP contribution in [0.25, 0.3) is 0 Å². The second-order valence-corrected chi connectivity index (χ2v) is 3.40. The number of aliphatic hydroxyl groups is 1. The molecule has 1 fully saturated rings. The van der Waals surface area contributed by atoms with Crippen LogP contribution in [-0.4, -0.2) is 28.7 Å². The highest BCUT2D eigenvalue weighted by molar-refractivity contribution is 5.14. The Kier molecular flexibility index (Phi) is 1.27. The van der Waals surface area contributed by atoms with Crippen LogP contribution in [0.1, 0.15) is 28.5 Å². The third kappa shape index (κ3) is 1.97. The highest BCUT2D eigenvalue weighted by atomic mass is 16.3. The molecule has 1 aliphatic heterocycles. The largest absolute Gasteiger partial charge is 0.391 e. The fourth-order valence-corrected chi connectivity index (χ4v) is 1.53. The van der Waals surface area contributed by atoms with E-state index < -0.39 is 48.9 Å². The van der Waals surface area contributed by atoms with E-state index in [2.05, 4.69) is 0 Å². The summed E-state index contributed by atoms with van der Waals surface area (Å²) in [5.41, 5.74) is -0.380. The van der Waals surface area contributed by atoms with Gasteiger partial charge in [0.15, 0.2) is 0 Å². The van der Waals surface area contributed by atoms with E-state index in [9.17, 15) is 5.11 Å². The minimum absolute atomic E-state index is 0.261. The maximum absolute atomic E-state index is 9.76. The summed E-state index contributed by atoms with van der Waals surface area (Å²) in [7, 11) is 0. The topological polar surface area (TPSA) is 23.5 Å². The molecule has 0 spiro atoms. The fourth-order valence-electron chi connectivity index (χ4n) is 1.53. The maximum Gasteiger partial charge on any atom is 0.0705 e. The molecule has 0 radical (unpaired) electrons. The highest BCUT2D eigenvalue weighted by Crippen LogP contribution is 2.19. The van der Waals surface area contributed by atoms with Gasteiger partial charge in [-0.2, -0.15) is 0 Å². The summed E-state index contributed by atoms with van der Waals surface area (Å²) >= 11 is 0. The van der Waals surface area contributed by atoms with E-state index in [1.165, 1.54) is 4.90 Å². The summed E-state index contributed by atoms with van der Waals surface area (Å²) < 4.78 is 55.0. The normalized spacial score (nSPS) is 36.3. The fraction of sp³-hybridized carbons (Fsp3) is 0.500. The number of aliphatic hydroxyl groups excluding tert-OH is 1. The molecule has 1 heterocycles. The Bertz CT molecular complexity index is 548. The summed E-state index contributed by atoms with van der Waals surface area (Å²) in [6, 6.07) is -3.22. The predicted octanol–water partition coefficient (Wildman–Crippen LogP) is 1.64. The Morgan fingerprint density at radius 1 is 1.57 bits per heavy atom. The molecule has 14 heavy (non-hydrogen) atoms. The average molecular weight is 198 g/mol. The van der Waals surface area contributed by atoms with Gasteiger partial charge in [-0.15, -0.1) is 0 Å². The SMILES string of the molecule is [2H]c1c([2H])c([2H])c(C([2H])([2H])N2CC[C@@H](O)[C@@H]2C)c([2H])c1[2H]. The lowest BCUT2D eigenvalue weighted by atomic mass is 10.2. The Labute approximate surface area is 95.0 Å². The number of hydrogen-bond donors (Lipinski definition) is 1. The lowest BCUT2D eigenvalue weighted by Gasteiger charge is -2.22. The van der Waals surface area contributed by atoms with E-state index in [1.54, 1.807) is 6.92 Å². The molecule has 0 bridgehead atoms. The molecule has 2 rings (SSSR count). The molecule has 1 aromatic rings. The first-order valence-corrected chi connectivity index (χ1v) is 4.63. The first-order valence-electron chi connectivity index (χ1n) is 8.13. The number of nitrogens with zero attached hydrogens (tertiary/aromatic N) is 1. The smallest absolute Gasteiger partial charge is 0.0705 e. The summed E-state index contributed by atoms with van der Waals surface area (Å²) in [5, 5.41) is 9.76. The maximum atomic E-state index is 9.76. The molecule has 0 saturated carbocycles. The molecular formula is C12H17NO. The zero-order valence-corrected chi connectivity index (χ0v) is 7.96. The van der Waals surface area contributed by atoms with Crippen LogP contribution in [0.5, 0.6) is 0 Å². The lowest BCUT2D eigenvalue weighted by molar-refractivity contribution is 0.123. The van der Waals surface area contributed by atoms with Gasteiger partial charge in [0.1, 0.15) is 0 Å². The zero-order valence-electron chi connectivity index (χ0n) is 15.0. The van der Waals surface area contributed by atoms with Crippen LogP contribution in [0.15, 0.2) is 30.2 Å². The number of rotatable bonds is 2. The number of likely N-dealkylation sites (tertiary alicyclic amines) is 1. The van der Waals surface area contributed by atoms with Crippen molar-refractivity contribution in [2.45, 2.75) is 32.0 Å². The van der Waals surface area contributed by atoms with Crippen LogP contribution in [-0.2, 0) is 6.50 Å². The van der Waals surface area contributed by atoms with Crippen molar-refractivity contribution in [1.29, 1.82) is 0 Å². The summed E-state index contributed by atoms with van der Waals surface area (Å²) in [6.45, 7) is -0.327. The Morgan fingerprint density at radius 2 is 2.29 bits per heavy atom. The van der Waals surface area contributed by atoms with E-state index in [0.29, 0.717) is 6.42 Å². The van der Waals surface area contributed by atoms with Gasteiger partial charge < -0.3 is 5.11 Å². The van der Waals surface area contributed by atoms with Gasteiger partial charge in [0.2, 0.25) is 0 Å². The second kappa shape index (κ2) is 4.11. The van der Waals surface area contributed by atoms with E-state index in [1.807, 2.05) is 0 Å². The van der Waals surface area contributed by atoms with E-state index in [0.717, 1.165) is 0 Å². The molecule has 0 amide bonds. The Morgan fingerprint density at radius 3 is 2.86 bits per heavy atom. The molecule has 0 aromatic heterocycles. The quantitative estimate of drug-likeness (QED) is 0.781. The molecule has 1 aromatic carbocycles. The van der Waals surface area contributed by atoms with Crippen molar-refractivity contribution in [3.8, 4) is 0 Å². The molecule has 1 N–H and O–H groups in total. The van der Waals surface area contributed by atoms with Gasteiger partial charge >= 0.3 is 0 Å². The molecule has 0 unspecified atom stereocenters. The van der Waals surface area contributed by atoms with Crippen molar-refractivity contribution in [3.63, 3.8) is 0 Å². The third-order valence-corrected chi connectivity index (χ3v) is 2.47. The number of hydrogen-bond acceptors (Lipinski definition) is 2. The van der Waals surface area contributed by atoms with Gasteiger partial charge in [-0.05, 0) is 18.9 Å². The molecule has 2 atom stereocenters. The predicted molar refractivity (Wildman–Crippen MR) is 56.9 cm³/mol. The Balaban J connectivity index is 2.60. The van der Waals surface area contributed by atoms with Crippen molar-refractivity contribution < 1.29 is 14.7 Å². The van der Waals surface area contributed by atoms with E-state index >= 15 is 0 Å². The average Bonchev–Trinajstić information content (AvgIpc) is 2.75. The molecule has 0 aliphatic carbocycles. The first kappa shape index (κ1) is 4.33. The molecule has 1 saturated heterocycles. The van der Waals surface area contributed by atoms with Crippen molar-refractivity contribution in [2.24, 2.45) is 0 Å². The summed E-state index contributed by atoms with van der Waals surface area (Å²) in [4.78, 5) is 1.34. The lowest BCUT2D eigenvalue weighted by Crippen LogP contribution is -2.31. The van der Waals surface area contributed by atoms with Crippen LogP contribution in [0, 0.1) is 0 Å². The summed E-state index contributed by atoms with van der Waals surface area (Å²) in [6.07, 6.45) is -0.302. The minimum atomic E-state index is -2.25. The van der Waals surface area contributed by atoms with E-state index in [4.69, 9.17) is 9.60 Å². The number of benzene rings is 1. The van der Waals surface area contributed by atoms with Gasteiger partial charge in [-0.25, -0.2) is 0 Å². The minimum Gasteiger partial charge on any atom is -0.391 e. The Hall–Kier alpha value is -0.860. The third-order valence-electron chi connectivity index (χ3n) is 2.47. The van der Waals surface area contributed by atoms with Crippen LogP contribution in [0.2, 0.25) is 0 Å². The van der Waals surface area contributed by atoms with Gasteiger partial charge in [0.25, 0.3) is 0 Å². The zero-order chi connectivity index (χ0) is 16.1. The standard InChI is InChI=1S/C12H17NO/c1-10-12(14)7-8-13(10)9-11-5-3-2-4-6-11/h2-6,10,12,14H,7-9H2,1H3/t10-,12+/m0/s1/i2D,3D,4D,5D,6D,9D2. The van der Waals surface area contributed by atoms with Crippen LogP contribution < -0.4 is 0 Å². The van der Waals surface area contributed by atoms with Crippen LogP contribution >= 0.6 is 0 Å². The van der Waals surface area contributed by atoms with Crippen molar-refractivity contribution >= 4 is 0 Å². The molecule has 1 aliphatic rings. The van der Waals surface area contributed by atoms with Crippen molar-refractivity contribution in [3.05, 3.63) is 35.8 Å². The summed E-state index contributed by atoms with van der Waals surface area (Å²) in [5.74, 6) is 0. The molecule has 2 heteroatoms. The first-order chi connectivity index (χ1) is 9.60. The second-order valence-electron chi connectivity index (χ2n) is 3.40. The van der Waals surface area contributed by atoms with Crippen molar-refractivity contribution in [1.82, 2.24) is 4.90 Å². The molecule has 76 valence electrons. The molecule has 2 nitrogen and oxygen atoms in total. The highest BCUT2D eigenvalue weighted by Gasteiger charge is 2.28. The van der Waals surface area contributed by atoms with Crippen LogP contribution in [0.4, 0.5) is 0 Å². The van der Waals surface area contributed by atoms with E-state index in [-0.39, 0.29) is 12.1 Å². The van der Waals surface area contributed by atoms with Crippen molar-refractivity contribution in [2.75, 3.05) is 6.54 Å². The van der Waals surface area contributed by atoms with Gasteiger partial charge in [0.05, 0.1) is 13.0 Å². The molecular weight excluding hydrogens is 174 g/mol. The monoisotopic (exact) mass is 198 g/mol. The van der Waals surface area contributed by atoms with Gasteiger partial charge in [0, 0.05) is 21.8 Å².